The summed E-state index contributed by atoms with van der Waals surface area (Å²) in [5.74, 6) is 1.81. The average molecular weight is 287 g/mol. The van der Waals surface area contributed by atoms with E-state index < -0.39 is 6.10 Å². The molecule has 120 valence electrons. The fraction of sp³-hybridized carbons (Fsp3) is 1.00. The van der Waals surface area contributed by atoms with Gasteiger partial charge in [-0.1, -0.05) is 32.6 Å². The van der Waals surface area contributed by atoms with Crippen molar-refractivity contribution < 1.29 is 14.6 Å². The molecule has 1 aliphatic carbocycles. The summed E-state index contributed by atoms with van der Waals surface area (Å²) in [6, 6.07) is 0. The zero-order valence-electron chi connectivity index (χ0n) is 13.4. The van der Waals surface area contributed by atoms with E-state index in [0.29, 0.717) is 19.8 Å². The molecule has 4 nitrogen and oxygen atoms in total. The molecule has 0 aliphatic heterocycles. The summed E-state index contributed by atoms with van der Waals surface area (Å²) in [5, 5.41) is 13.1. The Balaban J connectivity index is 1.95. The van der Waals surface area contributed by atoms with Crippen molar-refractivity contribution >= 4 is 0 Å². The average Bonchev–Trinajstić information content (AvgIpc) is 2.43. The van der Waals surface area contributed by atoms with E-state index in [2.05, 4.69) is 12.2 Å². The first kappa shape index (κ1) is 17.9. The highest BCUT2D eigenvalue weighted by Gasteiger charge is 2.17. The molecular formula is C16H33NO3. The predicted octanol–water partition coefficient (Wildman–Crippen LogP) is 2.20. The van der Waals surface area contributed by atoms with Crippen LogP contribution in [0.4, 0.5) is 0 Å². The van der Waals surface area contributed by atoms with Crippen LogP contribution in [0, 0.1) is 11.8 Å². The summed E-state index contributed by atoms with van der Waals surface area (Å²) in [4.78, 5) is 0. The van der Waals surface area contributed by atoms with Gasteiger partial charge in [0.15, 0.2) is 0 Å². The van der Waals surface area contributed by atoms with E-state index in [9.17, 15) is 5.11 Å². The third-order valence-corrected chi connectivity index (χ3v) is 4.22. The van der Waals surface area contributed by atoms with Crippen LogP contribution in [-0.2, 0) is 9.47 Å². The molecule has 0 radical (unpaired) electrons. The van der Waals surface area contributed by atoms with Crippen molar-refractivity contribution in [1.29, 1.82) is 0 Å². The van der Waals surface area contributed by atoms with Crippen molar-refractivity contribution in [3.63, 3.8) is 0 Å². The topological polar surface area (TPSA) is 50.7 Å². The maximum Gasteiger partial charge on any atom is 0.0897 e. The summed E-state index contributed by atoms with van der Waals surface area (Å²) >= 11 is 0. The van der Waals surface area contributed by atoms with Crippen molar-refractivity contribution in [2.45, 2.75) is 58.2 Å². The van der Waals surface area contributed by atoms with Crippen molar-refractivity contribution in [3.05, 3.63) is 0 Å². The molecule has 0 aromatic rings. The standard InChI is InChI=1S/C16H33NO3/c1-13-4-6-15(7-5-13)8-9-17-10-16(18)12-20-14(2)11-19-3/h13-18H,4-12H2,1-3H3. The summed E-state index contributed by atoms with van der Waals surface area (Å²) in [6.45, 7) is 6.87. The fourth-order valence-electron chi connectivity index (χ4n) is 2.81. The summed E-state index contributed by atoms with van der Waals surface area (Å²) in [5.41, 5.74) is 0. The second kappa shape index (κ2) is 10.6. The van der Waals surface area contributed by atoms with E-state index in [4.69, 9.17) is 9.47 Å². The molecule has 1 saturated carbocycles. The molecular weight excluding hydrogens is 254 g/mol. The van der Waals surface area contributed by atoms with Crippen LogP contribution in [0.3, 0.4) is 0 Å². The van der Waals surface area contributed by atoms with Crippen LogP contribution >= 0.6 is 0 Å². The SMILES string of the molecule is COCC(C)OCC(O)CNCCC1CCC(C)CC1. The third-order valence-electron chi connectivity index (χ3n) is 4.22. The van der Waals surface area contributed by atoms with Crippen molar-refractivity contribution in [2.75, 3.05) is 33.4 Å². The van der Waals surface area contributed by atoms with Crippen LogP contribution in [0.5, 0.6) is 0 Å². The predicted molar refractivity (Wildman–Crippen MR) is 81.9 cm³/mol. The smallest absolute Gasteiger partial charge is 0.0897 e. The number of hydrogen-bond acceptors (Lipinski definition) is 4. The molecule has 20 heavy (non-hydrogen) atoms. The lowest BCUT2D eigenvalue weighted by Crippen LogP contribution is -2.33. The zero-order chi connectivity index (χ0) is 14.8. The molecule has 1 rings (SSSR count). The number of nitrogens with one attached hydrogen (secondary N) is 1. The Kier molecular flexibility index (Phi) is 9.44. The number of aliphatic hydroxyl groups excluding tert-OH is 1. The van der Waals surface area contributed by atoms with Crippen LogP contribution in [-0.4, -0.2) is 50.7 Å². The molecule has 0 aromatic heterocycles. The third kappa shape index (κ3) is 8.20. The quantitative estimate of drug-likeness (QED) is 0.605. The van der Waals surface area contributed by atoms with Gasteiger partial charge in [0.05, 0.1) is 25.4 Å². The van der Waals surface area contributed by atoms with Crippen LogP contribution in [0.25, 0.3) is 0 Å². The highest BCUT2D eigenvalue weighted by atomic mass is 16.5. The molecule has 0 bridgehead atoms. The van der Waals surface area contributed by atoms with E-state index in [-0.39, 0.29) is 6.10 Å². The molecule has 4 heteroatoms. The van der Waals surface area contributed by atoms with E-state index in [1.54, 1.807) is 7.11 Å². The Morgan fingerprint density at radius 3 is 2.55 bits per heavy atom. The summed E-state index contributed by atoms with van der Waals surface area (Å²) in [6.07, 6.45) is 6.38. The largest absolute Gasteiger partial charge is 0.389 e. The van der Waals surface area contributed by atoms with Gasteiger partial charge in [-0.2, -0.15) is 0 Å². The van der Waals surface area contributed by atoms with E-state index in [1.165, 1.54) is 32.1 Å². The van der Waals surface area contributed by atoms with Gasteiger partial charge in [-0.15, -0.1) is 0 Å². The van der Waals surface area contributed by atoms with Gasteiger partial charge in [0.1, 0.15) is 0 Å². The van der Waals surface area contributed by atoms with Crippen LogP contribution in [0.1, 0.15) is 46.0 Å². The monoisotopic (exact) mass is 287 g/mol. The number of hydrogen-bond donors (Lipinski definition) is 2. The minimum absolute atomic E-state index is 0.0406. The number of aliphatic hydroxyl groups is 1. The first-order chi connectivity index (χ1) is 9.61. The highest BCUT2D eigenvalue weighted by molar-refractivity contribution is 4.71. The van der Waals surface area contributed by atoms with Gasteiger partial charge in [0.25, 0.3) is 0 Å². The van der Waals surface area contributed by atoms with Crippen LogP contribution in [0.15, 0.2) is 0 Å². The molecule has 1 aliphatic rings. The maximum absolute atomic E-state index is 9.81. The van der Waals surface area contributed by atoms with Gasteiger partial charge in [-0.3, -0.25) is 0 Å². The lowest BCUT2D eigenvalue weighted by Gasteiger charge is -2.26. The van der Waals surface area contributed by atoms with Crippen molar-refractivity contribution in [3.8, 4) is 0 Å². The Labute approximate surface area is 124 Å². The Morgan fingerprint density at radius 1 is 1.20 bits per heavy atom. The second-order valence-corrected chi connectivity index (χ2v) is 6.37. The normalized spacial score (nSPS) is 26.4. The minimum Gasteiger partial charge on any atom is -0.389 e. The molecule has 0 aromatic carbocycles. The van der Waals surface area contributed by atoms with Gasteiger partial charge < -0.3 is 19.9 Å². The van der Waals surface area contributed by atoms with Gasteiger partial charge in [0, 0.05) is 13.7 Å². The van der Waals surface area contributed by atoms with Crippen LogP contribution < -0.4 is 5.32 Å². The molecule has 2 atom stereocenters. The molecule has 0 amide bonds. The lowest BCUT2D eigenvalue weighted by molar-refractivity contribution is -0.0310. The summed E-state index contributed by atoms with van der Waals surface area (Å²) < 4.78 is 10.5. The molecule has 2 N–H and O–H groups in total. The van der Waals surface area contributed by atoms with Crippen molar-refractivity contribution in [2.24, 2.45) is 11.8 Å². The van der Waals surface area contributed by atoms with Gasteiger partial charge in [0.2, 0.25) is 0 Å². The first-order valence-electron chi connectivity index (χ1n) is 8.11. The molecule has 1 fully saturated rings. The summed E-state index contributed by atoms with van der Waals surface area (Å²) in [7, 11) is 1.66. The van der Waals surface area contributed by atoms with E-state index >= 15 is 0 Å². The highest BCUT2D eigenvalue weighted by Crippen LogP contribution is 2.29. The number of methoxy groups -OCH3 is 1. The minimum atomic E-state index is -0.430. The Morgan fingerprint density at radius 2 is 1.90 bits per heavy atom. The second-order valence-electron chi connectivity index (χ2n) is 6.37. The first-order valence-corrected chi connectivity index (χ1v) is 8.11. The molecule has 2 unspecified atom stereocenters. The van der Waals surface area contributed by atoms with Gasteiger partial charge in [-0.25, -0.2) is 0 Å². The molecule has 0 spiro atoms. The molecule has 0 saturated heterocycles. The fourth-order valence-corrected chi connectivity index (χ4v) is 2.81. The van der Waals surface area contributed by atoms with Crippen LogP contribution in [0.2, 0.25) is 0 Å². The zero-order valence-corrected chi connectivity index (χ0v) is 13.4. The maximum atomic E-state index is 9.81. The van der Waals surface area contributed by atoms with Gasteiger partial charge in [-0.05, 0) is 31.7 Å². The molecule has 0 heterocycles. The Hall–Kier alpha value is -0.160. The van der Waals surface area contributed by atoms with Gasteiger partial charge >= 0.3 is 0 Å². The number of ether oxygens (including phenoxy) is 2. The van der Waals surface area contributed by atoms with Crippen molar-refractivity contribution in [1.82, 2.24) is 5.32 Å². The van der Waals surface area contributed by atoms with E-state index in [1.807, 2.05) is 6.92 Å². The Bertz CT molecular complexity index is 230. The lowest BCUT2D eigenvalue weighted by atomic mass is 9.81. The number of rotatable bonds is 10. The van der Waals surface area contributed by atoms with E-state index in [0.717, 1.165) is 18.4 Å².